The number of hydrogen-bond donors (Lipinski definition) is 1. The Morgan fingerprint density at radius 1 is 1.26 bits per heavy atom. The van der Waals surface area contributed by atoms with Crippen LogP contribution in [0.4, 0.5) is 5.69 Å². The number of anilines is 1. The Morgan fingerprint density at radius 3 is 2.83 bits per heavy atom. The molecule has 0 aliphatic rings. The van der Waals surface area contributed by atoms with E-state index in [0.717, 1.165) is 49.1 Å². The molecule has 0 saturated carbocycles. The van der Waals surface area contributed by atoms with E-state index in [2.05, 4.69) is 35.9 Å². The van der Waals surface area contributed by atoms with Gasteiger partial charge in [-0.3, -0.25) is 9.40 Å². The topological polar surface area (TPSA) is 39.6 Å². The van der Waals surface area contributed by atoms with Crippen molar-refractivity contribution in [3.05, 3.63) is 36.5 Å². The van der Waals surface area contributed by atoms with Gasteiger partial charge in [0, 0.05) is 35.9 Å². The number of hydrogen-bond acceptors (Lipinski definition) is 4. The van der Waals surface area contributed by atoms with Gasteiger partial charge >= 0.3 is 0 Å². The standard InChI is InChI=1S/C18H26ClN3O/c1-3-21(12-13-23)11-5-6-15(2)22(19)17-9-8-16-7-4-10-20-18(16)14-17/h4,7-10,14-15,23H,3,5-6,11-13H2,1-2H3. The third-order valence-corrected chi connectivity index (χ3v) is 4.71. The van der Waals surface area contributed by atoms with E-state index in [-0.39, 0.29) is 12.6 Å². The highest BCUT2D eigenvalue weighted by molar-refractivity contribution is 6.26. The molecule has 2 aromatic rings. The van der Waals surface area contributed by atoms with Gasteiger partial charge in [0.1, 0.15) is 0 Å². The smallest absolute Gasteiger partial charge is 0.0723 e. The molecule has 0 aliphatic carbocycles. The first kappa shape index (κ1) is 18.0. The van der Waals surface area contributed by atoms with Crippen LogP contribution in [0.15, 0.2) is 36.5 Å². The van der Waals surface area contributed by atoms with Crippen LogP contribution in [0.2, 0.25) is 0 Å². The van der Waals surface area contributed by atoms with Gasteiger partial charge in [-0.25, -0.2) is 0 Å². The van der Waals surface area contributed by atoms with Gasteiger partial charge in [0.05, 0.1) is 17.8 Å². The Hall–Kier alpha value is -1.36. The summed E-state index contributed by atoms with van der Waals surface area (Å²) in [7, 11) is 0. The van der Waals surface area contributed by atoms with Gasteiger partial charge in [-0.2, -0.15) is 0 Å². The van der Waals surface area contributed by atoms with E-state index < -0.39 is 0 Å². The normalized spacial score (nSPS) is 12.7. The number of pyridine rings is 1. The maximum atomic E-state index is 9.02. The van der Waals surface area contributed by atoms with E-state index in [9.17, 15) is 0 Å². The minimum Gasteiger partial charge on any atom is -0.395 e. The van der Waals surface area contributed by atoms with Crippen molar-refractivity contribution < 1.29 is 5.11 Å². The van der Waals surface area contributed by atoms with Crippen molar-refractivity contribution in [2.75, 3.05) is 30.7 Å². The molecule has 0 bridgehead atoms. The van der Waals surface area contributed by atoms with Crippen LogP contribution in [-0.4, -0.2) is 47.3 Å². The second kappa shape index (κ2) is 9.06. The van der Waals surface area contributed by atoms with Crippen molar-refractivity contribution in [2.24, 2.45) is 0 Å². The molecule has 5 heteroatoms. The predicted octanol–water partition coefficient (Wildman–Crippen LogP) is 3.68. The van der Waals surface area contributed by atoms with E-state index >= 15 is 0 Å². The highest BCUT2D eigenvalue weighted by Gasteiger charge is 2.13. The van der Waals surface area contributed by atoms with Crippen LogP contribution >= 0.6 is 11.8 Å². The van der Waals surface area contributed by atoms with Gasteiger partial charge in [-0.15, -0.1) is 0 Å². The number of aliphatic hydroxyl groups is 1. The molecule has 0 spiro atoms. The fourth-order valence-corrected chi connectivity index (χ4v) is 2.94. The zero-order chi connectivity index (χ0) is 16.7. The molecule has 1 atom stereocenters. The maximum Gasteiger partial charge on any atom is 0.0723 e. The Bertz CT molecular complexity index is 608. The summed E-state index contributed by atoms with van der Waals surface area (Å²) in [5.41, 5.74) is 1.94. The lowest BCUT2D eigenvalue weighted by Gasteiger charge is -2.25. The first-order valence-electron chi connectivity index (χ1n) is 8.28. The molecule has 1 aromatic heterocycles. The molecule has 1 unspecified atom stereocenters. The number of nitrogens with zero attached hydrogens (tertiary/aromatic N) is 3. The van der Waals surface area contributed by atoms with Crippen LogP contribution in [0.1, 0.15) is 26.7 Å². The van der Waals surface area contributed by atoms with E-state index in [1.807, 2.05) is 18.2 Å². The molecule has 1 N–H and O–H groups in total. The largest absolute Gasteiger partial charge is 0.395 e. The third-order valence-electron chi connectivity index (χ3n) is 4.18. The van der Waals surface area contributed by atoms with Crippen molar-refractivity contribution >= 4 is 28.4 Å². The molecule has 0 aliphatic heterocycles. The number of rotatable bonds is 9. The molecule has 4 nitrogen and oxygen atoms in total. The minimum atomic E-state index is 0.217. The van der Waals surface area contributed by atoms with Crippen molar-refractivity contribution in [1.82, 2.24) is 9.88 Å². The molecule has 0 radical (unpaired) electrons. The summed E-state index contributed by atoms with van der Waals surface area (Å²) in [5.74, 6) is 0. The summed E-state index contributed by atoms with van der Waals surface area (Å²) in [4.78, 5) is 6.64. The Labute approximate surface area is 143 Å². The summed E-state index contributed by atoms with van der Waals surface area (Å²) >= 11 is 6.52. The van der Waals surface area contributed by atoms with Crippen LogP contribution < -0.4 is 4.42 Å². The average Bonchev–Trinajstić information content (AvgIpc) is 2.59. The monoisotopic (exact) mass is 335 g/mol. The molecule has 1 heterocycles. The molecular formula is C18H26ClN3O. The lowest BCUT2D eigenvalue weighted by Crippen LogP contribution is -2.30. The van der Waals surface area contributed by atoms with E-state index in [1.165, 1.54) is 0 Å². The summed E-state index contributed by atoms with van der Waals surface area (Å²) in [5, 5.41) is 10.1. The molecule has 2 rings (SSSR count). The van der Waals surface area contributed by atoms with Gasteiger partial charge in [0.2, 0.25) is 0 Å². The first-order valence-corrected chi connectivity index (χ1v) is 8.62. The number of likely N-dealkylation sites (N-methyl/N-ethyl adjacent to an activating group) is 1. The molecule has 23 heavy (non-hydrogen) atoms. The van der Waals surface area contributed by atoms with E-state index in [0.29, 0.717) is 0 Å². The predicted molar refractivity (Wildman–Crippen MR) is 98.0 cm³/mol. The zero-order valence-corrected chi connectivity index (χ0v) is 14.7. The summed E-state index contributed by atoms with van der Waals surface area (Å²) in [6.45, 7) is 7.18. The molecular weight excluding hydrogens is 310 g/mol. The van der Waals surface area contributed by atoms with Crippen molar-refractivity contribution in [1.29, 1.82) is 0 Å². The van der Waals surface area contributed by atoms with Gasteiger partial charge in [0.25, 0.3) is 0 Å². The number of benzene rings is 1. The molecule has 0 fully saturated rings. The Balaban J connectivity index is 1.91. The lowest BCUT2D eigenvalue weighted by atomic mass is 10.1. The van der Waals surface area contributed by atoms with Crippen LogP contribution in [0.5, 0.6) is 0 Å². The van der Waals surface area contributed by atoms with Gasteiger partial charge in [-0.1, -0.05) is 19.1 Å². The Kier molecular flexibility index (Phi) is 7.09. The average molecular weight is 336 g/mol. The van der Waals surface area contributed by atoms with Gasteiger partial charge in [-0.05, 0) is 51.1 Å². The minimum absolute atomic E-state index is 0.217. The highest BCUT2D eigenvalue weighted by Crippen LogP contribution is 2.25. The summed E-state index contributed by atoms with van der Waals surface area (Å²) < 4.78 is 1.80. The molecule has 0 saturated heterocycles. The third kappa shape index (κ3) is 5.06. The van der Waals surface area contributed by atoms with Crippen LogP contribution in [0.25, 0.3) is 10.9 Å². The lowest BCUT2D eigenvalue weighted by molar-refractivity contribution is 0.199. The second-order valence-electron chi connectivity index (χ2n) is 5.84. The number of halogens is 1. The van der Waals surface area contributed by atoms with Crippen molar-refractivity contribution in [3.63, 3.8) is 0 Å². The maximum absolute atomic E-state index is 9.02. The Morgan fingerprint density at radius 2 is 2.09 bits per heavy atom. The fourth-order valence-electron chi connectivity index (χ4n) is 2.74. The van der Waals surface area contributed by atoms with Crippen LogP contribution in [-0.2, 0) is 0 Å². The van der Waals surface area contributed by atoms with Crippen LogP contribution in [0.3, 0.4) is 0 Å². The van der Waals surface area contributed by atoms with Crippen LogP contribution in [0, 0.1) is 0 Å². The number of aromatic nitrogens is 1. The zero-order valence-electron chi connectivity index (χ0n) is 14.0. The molecule has 0 amide bonds. The van der Waals surface area contributed by atoms with E-state index in [1.54, 1.807) is 10.6 Å². The quantitative estimate of drug-likeness (QED) is 0.710. The SMILES string of the molecule is CCN(CCO)CCCC(C)N(Cl)c1ccc2cccnc2c1. The number of aliphatic hydroxyl groups excluding tert-OH is 1. The van der Waals surface area contributed by atoms with Crippen molar-refractivity contribution in [3.8, 4) is 0 Å². The van der Waals surface area contributed by atoms with Gasteiger partial charge < -0.3 is 10.0 Å². The molecule has 126 valence electrons. The molecule has 1 aromatic carbocycles. The second-order valence-corrected chi connectivity index (χ2v) is 6.20. The number of fused-ring (bicyclic) bond motifs is 1. The fraction of sp³-hybridized carbons (Fsp3) is 0.500. The van der Waals surface area contributed by atoms with Crippen molar-refractivity contribution in [2.45, 2.75) is 32.7 Å². The first-order chi connectivity index (χ1) is 11.2. The van der Waals surface area contributed by atoms with Gasteiger partial charge in [0.15, 0.2) is 0 Å². The summed E-state index contributed by atoms with van der Waals surface area (Å²) in [6, 6.07) is 10.4. The summed E-state index contributed by atoms with van der Waals surface area (Å²) in [6.07, 6.45) is 3.87. The van der Waals surface area contributed by atoms with E-state index in [4.69, 9.17) is 16.9 Å². The highest BCUT2D eigenvalue weighted by atomic mass is 35.5.